The molecular formula is C16H20N2OS. The summed E-state index contributed by atoms with van der Waals surface area (Å²) in [6.45, 7) is 0.823. The summed E-state index contributed by atoms with van der Waals surface area (Å²) in [6.07, 6.45) is 4.13. The Morgan fingerprint density at radius 2 is 2.25 bits per heavy atom. The number of benzene rings is 1. The summed E-state index contributed by atoms with van der Waals surface area (Å²) in [5.74, 6) is 6.73. The van der Waals surface area contributed by atoms with Crippen molar-refractivity contribution >= 4 is 11.3 Å². The average molecular weight is 288 g/mol. The Kier molecular flexibility index (Phi) is 4.35. The van der Waals surface area contributed by atoms with Crippen molar-refractivity contribution in [3.8, 4) is 5.75 Å². The van der Waals surface area contributed by atoms with Crippen LogP contribution in [0.2, 0.25) is 0 Å². The van der Waals surface area contributed by atoms with Gasteiger partial charge in [-0.05, 0) is 58.8 Å². The van der Waals surface area contributed by atoms with E-state index in [9.17, 15) is 0 Å². The van der Waals surface area contributed by atoms with E-state index >= 15 is 0 Å². The van der Waals surface area contributed by atoms with E-state index in [1.54, 1.807) is 11.3 Å². The van der Waals surface area contributed by atoms with Gasteiger partial charge < -0.3 is 4.74 Å². The van der Waals surface area contributed by atoms with Crippen molar-refractivity contribution in [1.82, 2.24) is 5.43 Å². The maximum Gasteiger partial charge on any atom is 0.122 e. The van der Waals surface area contributed by atoms with E-state index in [0.29, 0.717) is 6.04 Å². The fourth-order valence-electron chi connectivity index (χ4n) is 2.67. The van der Waals surface area contributed by atoms with Gasteiger partial charge in [0.25, 0.3) is 0 Å². The van der Waals surface area contributed by atoms with Gasteiger partial charge in [-0.15, -0.1) is 0 Å². The minimum absolute atomic E-state index is 0.328. The van der Waals surface area contributed by atoms with E-state index < -0.39 is 0 Å². The highest BCUT2D eigenvalue weighted by Crippen LogP contribution is 2.26. The Balaban J connectivity index is 1.57. The van der Waals surface area contributed by atoms with Crippen LogP contribution in [0.3, 0.4) is 0 Å². The molecule has 3 rings (SSSR count). The van der Waals surface area contributed by atoms with Crippen molar-refractivity contribution in [1.29, 1.82) is 0 Å². The number of nitrogens with two attached hydrogens (primary N) is 1. The normalized spacial score (nSPS) is 14.8. The highest BCUT2D eigenvalue weighted by molar-refractivity contribution is 7.07. The first-order valence-electron chi connectivity index (χ1n) is 7.07. The van der Waals surface area contributed by atoms with Crippen LogP contribution >= 0.6 is 11.3 Å². The number of hydrogen-bond acceptors (Lipinski definition) is 4. The Labute approximate surface area is 123 Å². The number of ether oxygens (including phenoxy) is 1. The standard InChI is InChI=1S/C16H20N2OS/c17-18-15(10-13-6-8-20-11-13)3-1-12-2-4-16-14(9-12)5-7-19-16/h2,4,6,8-9,11,15,18H,1,3,5,7,10,17H2. The van der Waals surface area contributed by atoms with E-state index in [2.05, 4.69) is 40.5 Å². The van der Waals surface area contributed by atoms with Crippen molar-refractivity contribution in [2.45, 2.75) is 31.7 Å². The quantitative estimate of drug-likeness (QED) is 0.634. The second-order valence-corrected chi connectivity index (χ2v) is 6.06. The van der Waals surface area contributed by atoms with Gasteiger partial charge in [-0.2, -0.15) is 11.3 Å². The van der Waals surface area contributed by atoms with Crippen LogP contribution in [-0.4, -0.2) is 12.6 Å². The van der Waals surface area contributed by atoms with Gasteiger partial charge in [0, 0.05) is 12.5 Å². The molecule has 2 aromatic rings. The second kappa shape index (κ2) is 6.39. The van der Waals surface area contributed by atoms with E-state index in [0.717, 1.165) is 38.0 Å². The lowest BCUT2D eigenvalue weighted by Crippen LogP contribution is -2.37. The fraction of sp³-hybridized carbons (Fsp3) is 0.375. The zero-order chi connectivity index (χ0) is 13.8. The third-order valence-electron chi connectivity index (χ3n) is 3.83. The first kappa shape index (κ1) is 13.6. The average Bonchev–Trinajstić information content (AvgIpc) is 3.13. The van der Waals surface area contributed by atoms with Crippen LogP contribution in [0.1, 0.15) is 23.1 Å². The maximum absolute atomic E-state index is 5.68. The minimum atomic E-state index is 0.328. The van der Waals surface area contributed by atoms with Crippen LogP contribution in [0.4, 0.5) is 0 Å². The lowest BCUT2D eigenvalue weighted by molar-refractivity contribution is 0.357. The van der Waals surface area contributed by atoms with E-state index in [4.69, 9.17) is 10.6 Å². The molecule has 1 aromatic heterocycles. The molecular weight excluding hydrogens is 268 g/mol. The molecule has 4 heteroatoms. The summed E-state index contributed by atoms with van der Waals surface area (Å²) in [7, 11) is 0. The first-order valence-corrected chi connectivity index (χ1v) is 8.01. The molecule has 1 aliphatic rings. The van der Waals surface area contributed by atoms with Crippen LogP contribution in [0.15, 0.2) is 35.0 Å². The summed E-state index contributed by atoms with van der Waals surface area (Å²) < 4.78 is 5.54. The van der Waals surface area contributed by atoms with Crippen LogP contribution < -0.4 is 16.0 Å². The summed E-state index contributed by atoms with van der Waals surface area (Å²) in [5, 5.41) is 4.31. The highest BCUT2D eigenvalue weighted by atomic mass is 32.1. The summed E-state index contributed by atoms with van der Waals surface area (Å²) in [6, 6.07) is 9.04. The zero-order valence-corrected chi connectivity index (χ0v) is 12.3. The molecule has 1 aromatic carbocycles. The number of aryl methyl sites for hydroxylation is 1. The molecule has 3 N–H and O–H groups in total. The molecule has 0 bridgehead atoms. The number of hydrogen-bond donors (Lipinski definition) is 2. The molecule has 0 aliphatic carbocycles. The van der Waals surface area contributed by atoms with Crippen LogP contribution in [0.5, 0.6) is 5.75 Å². The molecule has 0 spiro atoms. The molecule has 0 radical (unpaired) electrons. The topological polar surface area (TPSA) is 47.3 Å². The SMILES string of the molecule is NNC(CCc1ccc2c(c1)CCO2)Cc1ccsc1. The molecule has 2 heterocycles. The fourth-order valence-corrected chi connectivity index (χ4v) is 3.36. The van der Waals surface area contributed by atoms with Crippen LogP contribution in [0, 0.1) is 0 Å². The van der Waals surface area contributed by atoms with Crippen molar-refractivity contribution < 1.29 is 4.74 Å². The highest BCUT2D eigenvalue weighted by Gasteiger charge is 2.13. The van der Waals surface area contributed by atoms with Gasteiger partial charge in [-0.25, -0.2) is 0 Å². The van der Waals surface area contributed by atoms with Gasteiger partial charge in [-0.3, -0.25) is 11.3 Å². The minimum Gasteiger partial charge on any atom is -0.493 e. The Morgan fingerprint density at radius 3 is 3.05 bits per heavy atom. The third kappa shape index (κ3) is 3.20. The lowest BCUT2D eigenvalue weighted by Gasteiger charge is -2.15. The van der Waals surface area contributed by atoms with Gasteiger partial charge in [0.15, 0.2) is 0 Å². The molecule has 0 saturated carbocycles. The predicted molar refractivity (Wildman–Crippen MR) is 83.1 cm³/mol. The van der Waals surface area contributed by atoms with Gasteiger partial charge in [-0.1, -0.05) is 12.1 Å². The molecule has 1 unspecified atom stereocenters. The summed E-state index contributed by atoms with van der Waals surface area (Å²) >= 11 is 1.74. The number of fused-ring (bicyclic) bond motifs is 1. The van der Waals surface area contributed by atoms with Crippen molar-refractivity contribution in [2.24, 2.45) is 5.84 Å². The molecule has 0 amide bonds. The smallest absolute Gasteiger partial charge is 0.122 e. The first-order chi connectivity index (χ1) is 9.85. The second-order valence-electron chi connectivity index (χ2n) is 5.28. The molecule has 106 valence electrons. The van der Waals surface area contributed by atoms with E-state index in [1.165, 1.54) is 16.7 Å². The number of rotatable bonds is 6. The predicted octanol–water partition coefficient (Wildman–Crippen LogP) is 2.69. The largest absolute Gasteiger partial charge is 0.493 e. The number of hydrazine groups is 1. The maximum atomic E-state index is 5.68. The zero-order valence-electron chi connectivity index (χ0n) is 11.5. The molecule has 0 saturated heterocycles. The summed E-state index contributed by atoms with van der Waals surface area (Å²) in [4.78, 5) is 0. The van der Waals surface area contributed by atoms with E-state index in [1.807, 2.05) is 0 Å². The van der Waals surface area contributed by atoms with Gasteiger partial charge in [0.05, 0.1) is 6.61 Å². The monoisotopic (exact) mass is 288 g/mol. The number of nitrogens with one attached hydrogen (secondary N) is 1. The lowest BCUT2D eigenvalue weighted by atomic mass is 9.99. The van der Waals surface area contributed by atoms with Gasteiger partial charge in [0.1, 0.15) is 5.75 Å². The number of thiophene rings is 1. The van der Waals surface area contributed by atoms with E-state index in [-0.39, 0.29) is 0 Å². The summed E-state index contributed by atoms with van der Waals surface area (Å²) in [5.41, 5.74) is 7.02. The van der Waals surface area contributed by atoms with Gasteiger partial charge in [0.2, 0.25) is 0 Å². The van der Waals surface area contributed by atoms with Crippen molar-refractivity contribution in [3.63, 3.8) is 0 Å². The molecule has 20 heavy (non-hydrogen) atoms. The molecule has 1 aliphatic heterocycles. The molecule has 1 atom stereocenters. The Hall–Kier alpha value is -1.36. The third-order valence-corrected chi connectivity index (χ3v) is 4.57. The molecule has 3 nitrogen and oxygen atoms in total. The van der Waals surface area contributed by atoms with Gasteiger partial charge >= 0.3 is 0 Å². The molecule has 0 fully saturated rings. The van der Waals surface area contributed by atoms with Crippen molar-refractivity contribution in [3.05, 3.63) is 51.7 Å². The Bertz CT molecular complexity index is 554. The van der Waals surface area contributed by atoms with Crippen LogP contribution in [0.25, 0.3) is 0 Å². The van der Waals surface area contributed by atoms with Crippen molar-refractivity contribution in [2.75, 3.05) is 6.61 Å². The van der Waals surface area contributed by atoms with Crippen LogP contribution in [-0.2, 0) is 19.3 Å². The Morgan fingerprint density at radius 1 is 1.30 bits per heavy atom.